The van der Waals surface area contributed by atoms with Gasteiger partial charge in [0.1, 0.15) is 12.6 Å². The van der Waals surface area contributed by atoms with E-state index in [1.807, 2.05) is 0 Å². The number of carbonyl (C=O) groups is 2. The summed E-state index contributed by atoms with van der Waals surface area (Å²) in [5, 5.41) is 2.81. The van der Waals surface area contributed by atoms with Crippen LogP contribution in [0.15, 0.2) is 18.2 Å². The normalized spacial score (nSPS) is 20.4. The molecule has 0 unspecified atom stereocenters. The van der Waals surface area contributed by atoms with Crippen LogP contribution < -0.4 is 20.7 Å². The van der Waals surface area contributed by atoms with Crippen LogP contribution >= 0.6 is 0 Å². The fraction of sp³-hybridized carbons (Fsp3) is 0.636. The number of nitrogens with two attached hydrogens (primary N) is 1. The number of ether oxygens (including phenoxy) is 2. The van der Waals surface area contributed by atoms with Crippen molar-refractivity contribution in [2.45, 2.75) is 50.8 Å². The molecule has 3 N–H and O–H groups in total. The predicted octanol–water partition coefficient (Wildman–Crippen LogP) is 2.18. The molecule has 2 saturated carbocycles. The van der Waals surface area contributed by atoms with Gasteiger partial charge in [-0.3, -0.25) is 14.5 Å². The lowest BCUT2D eigenvalue weighted by Crippen LogP contribution is -2.55. The van der Waals surface area contributed by atoms with Crippen LogP contribution in [0, 0.1) is 5.92 Å². The molecule has 2 amide bonds. The van der Waals surface area contributed by atoms with Crippen molar-refractivity contribution in [2.24, 2.45) is 11.7 Å². The Morgan fingerprint density at radius 1 is 1.31 bits per heavy atom. The van der Waals surface area contributed by atoms with Gasteiger partial charge in [-0.1, -0.05) is 6.42 Å². The molecule has 176 valence electrons. The first-order valence-electron chi connectivity index (χ1n) is 11.2. The Morgan fingerprint density at radius 3 is 2.69 bits per heavy atom. The lowest BCUT2D eigenvalue weighted by atomic mass is 9.89. The lowest BCUT2D eigenvalue weighted by molar-refractivity contribution is -0.126. The first-order chi connectivity index (χ1) is 15.5. The van der Waals surface area contributed by atoms with Crippen LogP contribution in [0.1, 0.15) is 32.1 Å². The van der Waals surface area contributed by atoms with Gasteiger partial charge in [-0.05, 0) is 43.7 Å². The van der Waals surface area contributed by atoms with Gasteiger partial charge in [0.05, 0.1) is 12.3 Å². The van der Waals surface area contributed by atoms with Crippen LogP contribution in [0.5, 0.6) is 5.75 Å². The van der Waals surface area contributed by atoms with E-state index < -0.39 is 12.7 Å². The van der Waals surface area contributed by atoms with E-state index in [9.17, 15) is 18.4 Å². The summed E-state index contributed by atoms with van der Waals surface area (Å²) in [6.07, 6.45) is 5.63. The third-order valence-corrected chi connectivity index (χ3v) is 6.36. The van der Waals surface area contributed by atoms with Crippen LogP contribution in [0.2, 0.25) is 0 Å². The number of hydrogen-bond acceptors (Lipinski definition) is 6. The molecule has 10 heteroatoms. The minimum atomic E-state index is -3.07. The molecular weight excluding hydrogens is 422 g/mol. The Hall–Kier alpha value is -2.30. The number of morpholine rings is 1. The molecule has 1 aromatic carbocycles. The van der Waals surface area contributed by atoms with Gasteiger partial charge in [0.15, 0.2) is 5.75 Å². The molecule has 3 fully saturated rings. The average molecular weight is 453 g/mol. The molecular formula is C22H30F2N4O4. The number of hydrogen-bond donors (Lipinski definition) is 2. The van der Waals surface area contributed by atoms with Crippen molar-refractivity contribution >= 4 is 23.2 Å². The van der Waals surface area contributed by atoms with Crippen molar-refractivity contribution in [3.8, 4) is 5.75 Å². The number of nitrogens with one attached hydrogen (secondary N) is 1. The first-order valence-corrected chi connectivity index (χ1v) is 11.2. The molecule has 2 aliphatic carbocycles. The highest BCUT2D eigenvalue weighted by Crippen LogP contribution is 2.36. The van der Waals surface area contributed by atoms with Gasteiger partial charge in [0, 0.05) is 37.4 Å². The number of benzene rings is 1. The zero-order valence-electron chi connectivity index (χ0n) is 18.0. The molecule has 4 rings (SSSR count). The summed E-state index contributed by atoms with van der Waals surface area (Å²) in [5.41, 5.74) is 6.52. The van der Waals surface area contributed by atoms with Gasteiger partial charge in [0.25, 0.3) is 5.91 Å². The second-order valence-corrected chi connectivity index (χ2v) is 8.62. The Kier molecular flexibility index (Phi) is 7.22. The SMILES string of the molecule is NC[C@H](C(=O)Nc1ccc(N2CCOCC2=O)c(OC(F)F)c1)N(CC1CC1)C1CCC1. The fourth-order valence-electron chi connectivity index (χ4n) is 4.24. The number of amides is 2. The molecule has 1 aliphatic heterocycles. The van der Waals surface area contributed by atoms with Crippen LogP contribution in [0.3, 0.4) is 0 Å². The smallest absolute Gasteiger partial charge is 0.387 e. The van der Waals surface area contributed by atoms with E-state index in [2.05, 4.69) is 15.0 Å². The second-order valence-electron chi connectivity index (χ2n) is 8.62. The summed E-state index contributed by atoms with van der Waals surface area (Å²) in [5.74, 6) is -0.162. The van der Waals surface area contributed by atoms with Gasteiger partial charge >= 0.3 is 6.61 Å². The topological polar surface area (TPSA) is 97.1 Å². The number of anilines is 2. The minimum Gasteiger partial charge on any atom is -0.433 e. The summed E-state index contributed by atoms with van der Waals surface area (Å²) in [7, 11) is 0. The second kappa shape index (κ2) is 10.1. The van der Waals surface area contributed by atoms with Crippen molar-refractivity contribution in [2.75, 3.05) is 43.1 Å². The van der Waals surface area contributed by atoms with Crippen molar-refractivity contribution in [1.82, 2.24) is 4.90 Å². The average Bonchev–Trinajstić information content (AvgIpc) is 3.52. The molecule has 0 spiro atoms. The molecule has 0 radical (unpaired) electrons. The van der Waals surface area contributed by atoms with Crippen LogP contribution in [-0.4, -0.2) is 68.3 Å². The Labute approximate surface area is 186 Å². The summed E-state index contributed by atoms with van der Waals surface area (Å²) < 4.78 is 35.9. The maximum atomic E-state index is 13.1. The quantitative estimate of drug-likeness (QED) is 0.565. The molecule has 1 heterocycles. The highest BCUT2D eigenvalue weighted by atomic mass is 19.3. The Bertz CT molecular complexity index is 832. The highest BCUT2D eigenvalue weighted by Gasteiger charge is 2.37. The maximum Gasteiger partial charge on any atom is 0.387 e. The van der Waals surface area contributed by atoms with Crippen LogP contribution in [-0.2, 0) is 14.3 Å². The zero-order valence-corrected chi connectivity index (χ0v) is 18.0. The predicted molar refractivity (Wildman–Crippen MR) is 115 cm³/mol. The van der Waals surface area contributed by atoms with Crippen LogP contribution in [0.25, 0.3) is 0 Å². The summed E-state index contributed by atoms with van der Waals surface area (Å²) in [6.45, 7) is -1.62. The van der Waals surface area contributed by atoms with Crippen molar-refractivity contribution < 1.29 is 27.8 Å². The summed E-state index contributed by atoms with van der Waals surface area (Å²) in [4.78, 5) is 28.8. The molecule has 1 atom stereocenters. The van der Waals surface area contributed by atoms with E-state index in [1.165, 1.54) is 29.9 Å². The van der Waals surface area contributed by atoms with E-state index in [0.717, 1.165) is 25.8 Å². The number of halogens is 2. The number of carbonyl (C=O) groups excluding carboxylic acids is 2. The van der Waals surface area contributed by atoms with Crippen molar-refractivity contribution in [1.29, 1.82) is 0 Å². The summed E-state index contributed by atoms with van der Waals surface area (Å²) in [6, 6.07) is 4.28. The van der Waals surface area contributed by atoms with Crippen molar-refractivity contribution in [3.05, 3.63) is 18.2 Å². The van der Waals surface area contributed by atoms with E-state index in [0.29, 0.717) is 24.3 Å². The van der Waals surface area contributed by atoms with Gasteiger partial charge in [0.2, 0.25) is 5.91 Å². The molecule has 8 nitrogen and oxygen atoms in total. The molecule has 0 aromatic heterocycles. The number of rotatable bonds is 10. The largest absolute Gasteiger partial charge is 0.433 e. The number of nitrogens with zero attached hydrogens (tertiary/aromatic N) is 2. The van der Waals surface area contributed by atoms with Gasteiger partial charge in [-0.2, -0.15) is 8.78 Å². The summed E-state index contributed by atoms with van der Waals surface area (Å²) >= 11 is 0. The van der Waals surface area contributed by atoms with Crippen LogP contribution in [0.4, 0.5) is 20.2 Å². The minimum absolute atomic E-state index is 0.122. The molecule has 1 aromatic rings. The van der Waals surface area contributed by atoms with E-state index in [-0.39, 0.29) is 42.9 Å². The Balaban J connectivity index is 1.51. The zero-order chi connectivity index (χ0) is 22.7. The monoisotopic (exact) mass is 452 g/mol. The van der Waals surface area contributed by atoms with Gasteiger partial charge in [-0.25, -0.2) is 0 Å². The first kappa shape index (κ1) is 22.9. The van der Waals surface area contributed by atoms with Gasteiger partial charge in [-0.15, -0.1) is 0 Å². The molecule has 3 aliphatic rings. The number of alkyl halides is 2. The molecule has 1 saturated heterocycles. The van der Waals surface area contributed by atoms with E-state index in [4.69, 9.17) is 10.5 Å². The maximum absolute atomic E-state index is 13.1. The van der Waals surface area contributed by atoms with Crippen molar-refractivity contribution in [3.63, 3.8) is 0 Å². The van der Waals surface area contributed by atoms with Gasteiger partial charge < -0.3 is 25.4 Å². The standard InChI is InChI=1S/C22H30F2N4O4/c23-22(24)32-19-10-15(6-7-17(19)27-8-9-31-13-20(27)29)26-21(30)18(11-25)28(12-14-4-5-14)16-2-1-3-16/h6-7,10,14,16,18,22H,1-5,8-9,11-13,25H2,(H,26,30)/t18-/m1/s1. The molecule has 0 bridgehead atoms. The van der Waals surface area contributed by atoms with E-state index >= 15 is 0 Å². The lowest BCUT2D eigenvalue weighted by Gasteiger charge is -2.41. The molecule has 32 heavy (non-hydrogen) atoms. The Morgan fingerprint density at radius 2 is 2.09 bits per heavy atom. The third-order valence-electron chi connectivity index (χ3n) is 6.36. The fourth-order valence-corrected chi connectivity index (χ4v) is 4.24. The third kappa shape index (κ3) is 5.36. The van der Waals surface area contributed by atoms with E-state index in [1.54, 1.807) is 6.07 Å². The highest BCUT2D eigenvalue weighted by molar-refractivity contribution is 5.98.